The van der Waals surface area contributed by atoms with Gasteiger partial charge in [-0.25, -0.2) is 0 Å². The molecule has 8 heteroatoms. The van der Waals surface area contributed by atoms with Crippen LogP contribution in [-0.2, 0) is 0 Å². The van der Waals surface area contributed by atoms with E-state index in [4.69, 9.17) is 0 Å². The van der Waals surface area contributed by atoms with Gasteiger partial charge in [0, 0.05) is 33.9 Å². The minimum absolute atomic E-state index is 0.0494. The number of aliphatic hydroxyl groups is 2. The van der Waals surface area contributed by atoms with Gasteiger partial charge in [-0.1, -0.05) is 0 Å². The number of phenols is 3. The van der Waals surface area contributed by atoms with Crippen LogP contribution in [0.5, 0.6) is 17.2 Å². The number of benzene rings is 6. The van der Waals surface area contributed by atoms with Crippen molar-refractivity contribution in [3.05, 3.63) is 88.2 Å². The maximum absolute atomic E-state index is 13.9. The first-order chi connectivity index (χ1) is 18.0. The van der Waals surface area contributed by atoms with Gasteiger partial charge < -0.3 is 25.5 Å². The van der Waals surface area contributed by atoms with E-state index in [9.17, 15) is 39.9 Å². The predicted molar refractivity (Wildman–Crippen MR) is 143 cm³/mol. The van der Waals surface area contributed by atoms with Crippen molar-refractivity contribution in [2.75, 3.05) is 0 Å². The molecular weight excluding hydrogens is 488 g/mol. The van der Waals surface area contributed by atoms with Gasteiger partial charge in [0.25, 0.3) is 0 Å². The summed E-state index contributed by atoms with van der Waals surface area (Å²) in [5.74, 6) is -3.38. The average molecular weight is 504 g/mol. The lowest BCUT2D eigenvalue weighted by Crippen LogP contribution is -2.38. The summed E-state index contributed by atoms with van der Waals surface area (Å²) in [6, 6.07) is 3.72. The lowest BCUT2D eigenvalue weighted by atomic mass is 9.71. The molecule has 0 aromatic heterocycles. The van der Waals surface area contributed by atoms with Gasteiger partial charge in [0.2, 0.25) is 5.43 Å². The minimum Gasteiger partial charge on any atom is -0.511 e. The Morgan fingerprint density at radius 1 is 0.579 bits per heavy atom. The summed E-state index contributed by atoms with van der Waals surface area (Å²) in [5, 5.41) is 57.6. The van der Waals surface area contributed by atoms with Gasteiger partial charge in [0.1, 0.15) is 28.8 Å². The monoisotopic (exact) mass is 504 g/mol. The van der Waals surface area contributed by atoms with Crippen molar-refractivity contribution in [3.63, 3.8) is 0 Å². The Kier molecular flexibility index (Phi) is 3.35. The topological polar surface area (TPSA) is 152 Å². The number of allylic oxidation sites excluding steroid dienone is 1. The number of hydrogen-bond donors (Lipinski definition) is 5. The van der Waals surface area contributed by atoms with Crippen molar-refractivity contribution >= 4 is 59.6 Å². The highest BCUT2D eigenvalue weighted by atomic mass is 16.3. The van der Waals surface area contributed by atoms with Crippen LogP contribution in [0.4, 0.5) is 0 Å². The van der Waals surface area contributed by atoms with Crippen LogP contribution in [0, 0.1) is 13.8 Å². The maximum atomic E-state index is 13.9. The van der Waals surface area contributed by atoms with Gasteiger partial charge in [-0.15, -0.1) is 0 Å². The number of aromatic hydroxyl groups is 3. The molecule has 38 heavy (non-hydrogen) atoms. The Morgan fingerprint density at radius 3 is 1.79 bits per heavy atom. The smallest absolute Gasteiger partial charge is 0.201 e. The molecule has 2 aliphatic carbocycles. The van der Waals surface area contributed by atoms with E-state index in [0.717, 1.165) is 12.1 Å². The standard InChI is InChI=1S/C30H16O8/c1-7-3-9(31)19-23-15(7)16-8(2)4-10(32)20-24(16)28-26-18(12(34)6-14(36)22(26)30(20)38)17-11(33)5-13(35)21(29(19)37)25(17)27(23)28/h3-6,17,33-36,38H,1-2H3. The average Bonchev–Trinajstić information content (AvgIpc) is 2.82. The van der Waals surface area contributed by atoms with Crippen LogP contribution in [0.2, 0.25) is 0 Å². The van der Waals surface area contributed by atoms with Crippen molar-refractivity contribution in [1.82, 2.24) is 0 Å². The molecule has 1 atom stereocenters. The summed E-state index contributed by atoms with van der Waals surface area (Å²) in [6.07, 6.45) is 1.00. The van der Waals surface area contributed by atoms with E-state index < -0.39 is 45.2 Å². The molecule has 1 unspecified atom stereocenters. The molecule has 2 aliphatic rings. The molecule has 8 rings (SSSR count). The number of phenolic OH excluding ortho intramolecular Hbond substituents is 3. The summed E-state index contributed by atoms with van der Waals surface area (Å²) in [6.45, 7) is 3.45. The summed E-state index contributed by atoms with van der Waals surface area (Å²) in [7, 11) is 0. The molecule has 0 saturated heterocycles. The molecule has 0 radical (unpaired) electrons. The number of fused-ring (bicyclic) bond motifs is 2. The first-order valence-electron chi connectivity index (χ1n) is 11.9. The Hall–Kier alpha value is -5.11. The second-order valence-electron chi connectivity index (χ2n) is 10.3. The highest BCUT2D eigenvalue weighted by molar-refractivity contribution is 6.42. The molecule has 6 aromatic rings. The third kappa shape index (κ3) is 1.95. The molecule has 0 spiro atoms. The molecule has 5 N–H and O–H groups in total. The number of rotatable bonds is 0. The Balaban J connectivity index is 2.00. The van der Waals surface area contributed by atoms with E-state index in [0.29, 0.717) is 43.4 Å². The molecular formula is C30H16O8. The lowest BCUT2D eigenvalue weighted by Gasteiger charge is -2.32. The van der Waals surface area contributed by atoms with Gasteiger partial charge in [0.05, 0.1) is 27.3 Å². The van der Waals surface area contributed by atoms with Crippen molar-refractivity contribution in [1.29, 1.82) is 0 Å². The SMILES string of the molecule is Cc1cc(=O)c2c(=O)c3c4c5c2c1c1c(C)cc(=O)c2c(O)c6c(O)cc(O)c(c6c5c21)C4C(O)=CC=3O. The zero-order chi connectivity index (χ0) is 26.7. The first-order valence-corrected chi connectivity index (χ1v) is 11.9. The molecule has 0 bridgehead atoms. The summed E-state index contributed by atoms with van der Waals surface area (Å²) in [5.41, 5.74) is -0.309. The predicted octanol–water partition coefficient (Wildman–Crippen LogP) is 3.43. The van der Waals surface area contributed by atoms with Crippen molar-refractivity contribution in [3.8, 4) is 17.2 Å². The van der Waals surface area contributed by atoms with E-state index in [1.165, 1.54) is 12.1 Å². The number of aryl methyl sites for hydroxylation is 2. The third-order valence-electron chi connectivity index (χ3n) is 8.43. The van der Waals surface area contributed by atoms with Gasteiger partial charge >= 0.3 is 0 Å². The molecule has 0 amide bonds. The number of aliphatic hydroxyl groups excluding tert-OH is 2. The first kappa shape index (κ1) is 21.0. The van der Waals surface area contributed by atoms with Crippen LogP contribution < -0.4 is 21.5 Å². The van der Waals surface area contributed by atoms with E-state index in [1.54, 1.807) is 13.8 Å². The number of hydrogen-bond acceptors (Lipinski definition) is 8. The molecule has 8 nitrogen and oxygen atoms in total. The summed E-state index contributed by atoms with van der Waals surface area (Å²) in [4.78, 5) is 40.6. The van der Waals surface area contributed by atoms with Gasteiger partial charge in [-0.05, 0) is 64.2 Å². The fraction of sp³-hybridized carbons (Fsp3) is 0.100. The van der Waals surface area contributed by atoms with Crippen LogP contribution in [0.25, 0.3) is 59.6 Å². The Morgan fingerprint density at radius 2 is 1.13 bits per heavy atom. The van der Waals surface area contributed by atoms with Crippen LogP contribution in [0.3, 0.4) is 0 Å². The van der Waals surface area contributed by atoms with Gasteiger partial charge in [-0.2, -0.15) is 0 Å². The lowest BCUT2D eigenvalue weighted by molar-refractivity contribution is 0.370. The van der Waals surface area contributed by atoms with E-state index in [-0.39, 0.29) is 43.6 Å². The summed E-state index contributed by atoms with van der Waals surface area (Å²) >= 11 is 0. The zero-order valence-electron chi connectivity index (χ0n) is 19.8. The second-order valence-corrected chi connectivity index (χ2v) is 10.3. The zero-order valence-corrected chi connectivity index (χ0v) is 19.8. The third-order valence-corrected chi connectivity index (χ3v) is 8.43. The van der Waals surface area contributed by atoms with Gasteiger partial charge in [-0.3, -0.25) is 14.4 Å². The molecule has 0 saturated carbocycles. The van der Waals surface area contributed by atoms with Crippen LogP contribution in [0.1, 0.15) is 28.2 Å². The quantitative estimate of drug-likeness (QED) is 0.156. The highest BCUT2D eigenvalue weighted by Gasteiger charge is 2.40. The van der Waals surface area contributed by atoms with Crippen LogP contribution in [-0.4, -0.2) is 25.5 Å². The largest absolute Gasteiger partial charge is 0.511 e. The molecule has 184 valence electrons. The Labute approximate surface area is 210 Å². The fourth-order valence-electron chi connectivity index (χ4n) is 7.18. The van der Waals surface area contributed by atoms with Crippen LogP contribution >= 0.6 is 0 Å². The highest BCUT2D eigenvalue weighted by Crippen LogP contribution is 2.57. The maximum Gasteiger partial charge on any atom is 0.201 e. The van der Waals surface area contributed by atoms with E-state index in [1.807, 2.05) is 0 Å². The molecule has 0 fully saturated rings. The van der Waals surface area contributed by atoms with E-state index in [2.05, 4.69) is 0 Å². The molecule has 0 heterocycles. The van der Waals surface area contributed by atoms with Crippen molar-refractivity contribution in [2.24, 2.45) is 0 Å². The van der Waals surface area contributed by atoms with Crippen molar-refractivity contribution in [2.45, 2.75) is 19.8 Å². The minimum atomic E-state index is -1.14. The van der Waals surface area contributed by atoms with Gasteiger partial charge in [0.15, 0.2) is 10.9 Å². The normalized spacial score (nSPS) is 16.3. The molecule has 0 aliphatic heterocycles. The Bertz CT molecular complexity index is 2470. The summed E-state index contributed by atoms with van der Waals surface area (Å²) < 4.78 is 0. The fourth-order valence-corrected chi connectivity index (χ4v) is 7.18. The second kappa shape index (κ2) is 6.06. The van der Waals surface area contributed by atoms with Crippen molar-refractivity contribution < 1.29 is 25.5 Å². The van der Waals surface area contributed by atoms with E-state index >= 15 is 0 Å². The molecule has 6 aromatic carbocycles. The van der Waals surface area contributed by atoms with Crippen LogP contribution in [0.15, 0.2) is 44.4 Å².